The summed E-state index contributed by atoms with van der Waals surface area (Å²) in [6.07, 6.45) is 1.61. The van der Waals surface area contributed by atoms with Crippen LogP contribution in [0.1, 0.15) is 12.0 Å². The molecule has 1 fully saturated rings. The molecule has 1 aromatic carbocycles. The minimum Gasteiger partial charge on any atom is -0.493 e. The highest BCUT2D eigenvalue weighted by molar-refractivity contribution is 5.46. The minimum absolute atomic E-state index is 0.165. The summed E-state index contributed by atoms with van der Waals surface area (Å²) in [4.78, 5) is 4.72. The number of para-hydroxylation sites is 1. The third kappa shape index (κ3) is 4.81. The molecule has 1 aliphatic rings. The highest BCUT2D eigenvalue weighted by atomic mass is 19.3. The van der Waals surface area contributed by atoms with E-state index in [1.54, 1.807) is 6.07 Å². The van der Waals surface area contributed by atoms with Gasteiger partial charge >= 0.3 is 6.61 Å². The molecule has 1 saturated heterocycles. The van der Waals surface area contributed by atoms with Crippen molar-refractivity contribution in [1.29, 1.82) is 0 Å². The van der Waals surface area contributed by atoms with Crippen molar-refractivity contribution in [2.75, 3.05) is 46.9 Å². The molecule has 0 aliphatic carbocycles. The molecule has 0 spiro atoms. The summed E-state index contributed by atoms with van der Waals surface area (Å²) in [6.45, 7) is 2.42. The van der Waals surface area contributed by atoms with Crippen LogP contribution in [-0.4, -0.2) is 63.3 Å². The number of hydrogen-bond donors (Lipinski definition) is 0. The van der Waals surface area contributed by atoms with Crippen molar-refractivity contribution < 1.29 is 18.3 Å². The first-order valence-corrected chi connectivity index (χ1v) is 7.61. The lowest BCUT2D eigenvalue weighted by Crippen LogP contribution is -2.44. The number of nitrogens with zero attached hydrogens (tertiary/aromatic N) is 2. The summed E-state index contributed by atoms with van der Waals surface area (Å²) in [6, 6.07) is 5.27. The topological polar surface area (TPSA) is 24.9 Å². The molecule has 0 saturated carbocycles. The van der Waals surface area contributed by atoms with E-state index in [-0.39, 0.29) is 5.75 Å². The summed E-state index contributed by atoms with van der Waals surface area (Å²) in [7, 11) is 3.59. The fourth-order valence-corrected chi connectivity index (χ4v) is 2.71. The first-order valence-electron chi connectivity index (χ1n) is 7.61. The van der Waals surface area contributed by atoms with Gasteiger partial charge in [0.15, 0.2) is 11.5 Å². The fraction of sp³-hybridized carbons (Fsp3) is 0.625. The van der Waals surface area contributed by atoms with Crippen LogP contribution < -0.4 is 9.47 Å². The van der Waals surface area contributed by atoms with Crippen LogP contribution in [-0.2, 0) is 6.42 Å². The number of halogens is 2. The zero-order valence-electron chi connectivity index (χ0n) is 13.2. The Morgan fingerprint density at radius 1 is 1.18 bits per heavy atom. The van der Waals surface area contributed by atoms with E-state index in [2.05, 4.69) is 21.6 Å². The second-order valence-corrected chi connectivity index (χ2v) is 5.58. The van der Waals surface area contributed by atoms with Gasteiger partial charge < -0.3 is 19.3 Å². The number of ether oxygens (including phenoxy) is 2. The van der Waals surface area contributed by atoms with Gasteiger partial charge in [0, 0.05) is 26.2 Å². The summed E-state index contributed by atoms with van der Waals surface area (Å²) in [5, 5.41) is 0. The average Bonchev–Trinajstić information content (AvgIpc) is 2.50. The van der Waals surface area contributed by atoms with Gasteiger partial charge in [-0.3, -0.25) is 0 Å². The number of methoxy groups -OCH3 is 1. The van der Waals surface area contributed by atoms with Crippen molar-refractivity contribution in [1.82, 2.24) is 9.80 Å². The maximum absolute atomic E-state index is 12.6. The third-order valence-electron chi connectivity index (χ3n) is 4.00. The second-order valence-electron chi connectivity index (χ2n) is 5.58. The number of benzene rings is 1. The number of rotatable bonds is 7. The Hall–Kier alpha value is -1.40. The number of aryl methyl sites for hydroxylation is 1. The van der Waals surface area contributed by atoms with Gasteiger partial charge in [-0.15, -0.1) is 0 Å². The van der Waals surface area contributed by atoms with Gasteiger partial charge in [-0.25, -0.2) is 0 Å². The van der Waals surface area contributed by atoms with Gasteiger partial charge in [0.1, 0.15) is 0 Å². The molecule has 0 bridgehead atoms. The molecule has 4 nitrogen and oxygen atoms in total. The van der Waals surface area contributed by atoms with Crippen molar-refractivity contribution in [3.05, 3.63) is 23.8 Å². The Balaban J connectivity index is 1.91. The highest BCUT2D eigenvalue weighted by Crippen LogP contribution is 2.33. The molecule has 22 heavy (non-hydrogen) atoms. The summed E-state index contributed by atoms with van der Waals surface area (Å²) in [5.74, 6) is 0.524. The van der Waals surface area contributed by atoms with E-state index < -0.39 is 6.61 Å². The van der Waals surface area contributed by atoms with Crippen LogP contribution in [0.2, 0.25) is 0 Å². The van der Waals surface area contributed by atoms with Gasteiger partial charge in [-0.2, -0.15) is 8.78 Å². The molecular formula is C16H24F2N2O2. The molecule has 0 atom stereocenters. The van der Waals surface area contributed by atoms with E-state index in [0.29, 0.717) is 12.2 Å². The Bertz CT molecular complexity index is 463. The van der Waals surface area contributed by atoms with E-state index in [4.69, 9.17) is 4.74 Å². The van der Waals surface area contributed by atoms with E-state index in [0.717, 1.165) is 44.7 Å². The maximum atomic E-state index is 12.6. The quantitative estimate of drug-likeness (QED) is 0.772. The first kappa shape index (κ1) is 17.0. The average molecular weight is 314 g/mol. The monoisotopic (exact) mass is 314 g/mol. The first-order chi connectivity index (χ1) is 10.6. The smallest absolute Gasteiger partial charge is 0.387 e. The van der Waals surface area contributed by atoms with E-state index in [1.165, 1.54) is 7.11 Å². The van der Waals surface area contributed by atoms with Crippen molar-refractivity contribution >= 4 is 0 Å². The molecule has 0 radical (unpaired) electrons. The second kappa shape index (κ2) is 8.29. The van der Waals surface area contributed by atoms with Crippen LogP contribution in [0.15, 0.2) is 18.2 Å². The SMILES string of the molecule is COc1cccc(CCCN2CCN(C)CC2)c1OC(F)F. The molecule has 0 unspecified atom stereocenters. The Morgan fingerprint density at radius 3 is 2.55 bits per heavy atom. The van der Waals surface area contributed by atoms with Crippen molar-refractivity contribution in [2.24, 2.45) is 0 Å². The van der Waals surface area contributed by atoms with Crippen LogP contribution in [0.5, 0.6) is 11.5 Å². The number of likely N-dealkylation sites (N-methyl/N-ethyl adjacent to an activating group) is 1. The number of hydrogen-bond acceptors (Lipinski definition) is 4. The summed E-state index contributed by atoms with van der Waals surface area (Å²) >= 11 is 0. The van der Waals surface area contributed by atoms with E-state index in [9.17, 15) is 8.78 Å². The van der Waals surface area contributed by atoms with Crippen LogP contribution in [0.3, 0.4) is 0 Å². The minimum atomic E-state index is -2.84. The lowest BCUT2D eigenvalue weighted by molar-refractivity contribution is -0.0518. The van der Waals surface area contributed by atoms with Crippen molar-refractivity contribution in [2.45, 2.75) is 19.5 Å². The van der Waals surface area contributed by atoms with Gasteiger partial charge in [0.05, 0.1) is 7.11 Å². The molecule has 1 aromatic rings. The molecule has 0 N–H and O–H groups in total. The predicted octanol–water partition coefficient (Wildman–Crippen LogP) is 2.48. The number of alkyl halides is 2. The van der Waals surface area contributed by atoms with Gasteiger partial charge in [0.2, 0.25) is 0 Å². The van der Waals surface area contributed by atoms with Crippen LogP contribution >= 0.6 is 0 Å². The zero-order valence-corrected chi connectivity index (χ0v) is 13.2. The lowest BCUT2D eigenvalue weighted by Gasteiger charge is -2.32. The standard InChI is InChI=1S/C16H24F2N2O2/c1-19-9-11-20(12-10-19)8-4-6-13-5-3-7-14(21-2)15(13)22-16(17)18/h3,5,7,16H,4,6,8-12H2,1-2H3. The molecule has 1 aliphatic heterocycles. The highest BCUT2D eigenvalue weighted by Gasteiger charge is 2.16. The zero-order chi connectivity index (χ0) is 15.9. The molecule has 2 rings (SSSR count). The molecule has 1 heterocycles. The predicted molar refractivity (Wildman–Crippen MR) is 81.9 cm³/mol. The molecule has 0 amide bonds. The van der Waals surface area contributed by atoms with Crippen LogP contribution in [0.4, 0.5) is 8.78 Å². The lowest BCUT2D eigenvalue weighted by atomic mass is 10.1. The molecule has 6 heteroatoms. The number of piperazine rings is 1. The van der Waals surface area contributed by atoms with Gasteiger partial charge in [-0.05, 0) is 38.1 Å². The fourth-order valence-electron chi connectivity index (χ4n) is 2.71. The normalized spacial score (nSPS) is 17.0. The Kier molecular flexibility index (Phi) is 6.39. The van der Waals surface area contributed by atoms with E-state index >= 15 is 0 Å². The molecule has 124 valence electrons. The summed E-state index contributed by atoms with van der Waals surface area (Å²) < 4.78 is 34.9. The van der Waals surface area contributed by atoms with Gasteiger partial charge in [0.25, 0.3) is 0 Å². The van der Waals surface area contributed by atoms with Crippen molar-refractivity contribution in [3.8, 4) is 11.5 Å². The van der Waals surface area contributed by atoms with Crippen LogP contribution in [0, 0.1) is 0 Å². The maximum Gasteiger partial charge on any atom is 0.387 e. The Labute approximate surface area is 130 Å². The van der Waals surface area contributed by atoms with Crippen molar-refractivity contribution in [3.63, 3.8) is 0 Å². The molecular weight excluding hydrogens is 290 g/mol. The van der Waals surface area contributed by atoms with E-state index in [1.807, 2.05) is 12.1 Å². The van der Waals surface area contributed by atoms with Crippen LogP contribution in [0.25, 0.3) is 0 Å². The largest absolute Gasteiger partial charge is 0.493 e. The summed E-state index contributed by atoms with van der Waals surface area (Å²) in [5.41, 5.74) is 0.772. The third-order valence-corrected chi connectivity index (χ3v) is 4.00. The Morgan fingerprint density at radius 2 is 1.91 bits per heavy atom. The van der Waals surface area contributed by atoms with Gasteiger partial charge in [-0.1, -0.05) is 12.1 Å². The molecule has 0 aromatic heterocycles.